The second-order valence-corrected chi connectivity index (χ2v) is 13.8. The molecule has 0 aliphatic carbocycles. The first-order valence-electron chi connectivity index (χ1n) is 17.4. The molecule has 7 heterocycles. The monoisotopic (exact) mass is 829 g/mol. The fourth-order valence-corrected chi connectivity index (χ4v) is 6.46. The molecule has 0 radical (unpaired) electrons. The third-order valence-corrected chi connectivity index (χ3v) is 9.01. The number of anilines is 2. The van der Waals surface area contributed by atoms with E-state index < -0.39 is 35.2 Å². The average molecular weight is 830 g/mol. The van der Waals surface area contributed by atoms with Crippen LogP contribution in [-0.4, -0.2) is 49.1 Å². The molecule has 0 amide bonds. The van der Waals surface area contributed by atoms with E-state index in [0.29, 0.717) is 5.56 Å². The standard InChI is InChI=1S/C38H26F7N13O2/c1-16-11-19(13-23(49-16)37(40,41)42)27-29(18-5-7-21(39)8-6-18)52-34(47)58-32(27)54-33(56-58)36(3,4)60-26-10-9-22(59-26)30-28(20-12-17(2)50-24(14-20)38(43,44)45)31-51-25(15-46)55-57(31)35(48)53-30/h5-14H,1-4H3,(H2,47,52)(H2,48,53). The molecule has 304 valence electrons. The smallest absolute Gasteiger partial charge is 0.433 e. The molecule has 7 aromatic heterocycles. The van der Waals surface area contributed by atoms with Crippen LogP contribution in [0.2, 0.25) is 0 Å². The molecule has 0 fully saturated rings. The number of hydrogen-bond donors (Lipinski definition) is 2. The highest BCUT2D eigenvalue weighted by Gasteiger charge is 2.36. The van der Waals surface area contributed by atoms with Gasteiger partial charge in [0, 0.05) is 23.0 Å². The van der Waals surface area contributed by atoms with Crippen molar-refractivity contribution in [3.8, 4) is 57.0 Å². The summed E-state index contributed by atoms with van der Waals surface area (Å²) in [5, 5.41) is 18.0. The molecule has 0 aliphatic heterocycles. The quantitative estimate of drug-likeness (QED) is 0.147. The number of hydrogen-bond acceptors (Lipinski definition) is 13. The van der Waals surface area contributed by atoms with Crippen molar-refractivity contribution in [3.05, 3.63) is 101 Å². The molecule has 1 aromatic carbocycles. The average Bonchev–Trinajstić information content (AvgIpc) is 3.93. The molecule has 0 atom stereocenters. The first-order valence-corrected chi connectivity index (χ1v) is 17.4. The van der Waals surface area contributed by atoms with Crippen molar-refractivity contribution >= 4 is 23.2 Å². The van der Waals surface area contributed by atoms with Crippen LogP contribution < -0.4 is 16.2 Å². The molecule has 0 unspecified atom stereocenters. The van der Waals surface area contributed by atoms with Gasteiger partial charge in [0.1, 0.15) is 29.0 Å². The normalized spacial score (nSPS) is 12.4. The molecule has 60 heavy (non-hydrogen) atoms. The van der Waals surface area contributed by atoms with Crippen molar-refractivity contribution in [2.45, 2.75) is 45.6 Å². The minimum atomic E-state index is -4.82. The third-order valence-electron chi connectivity index (χ3n) is 9.01. The molecule has 4 N–H and O–H groups in total. The molecule has 0 saturated carbocycles. The summed E-state index contributed by atoms with van der Waals surface area (Å²) in [4.78, 5) is 24.9. The molecule has 0 spiro atoms. The summed E-state index contributed by atoms with van der Waals surface area (Å²) in [7, 11) is 0. The number of nitriles is 1. The van der Waals surface area contributed by atoms with Crippen LogP contribution in [0.4, 0.5) is 42.6 Å². The van der Waals surface area contributed by atoms with Crippen LogP contribution >= 0.6 is 0 Å². The predicted octanol–water partition coefficient (Wildman–Crippen LogP) is 7.76. The number of nitrogen functional groups attached to an aromatic ring is 2. The lowest BCUT2D eigenvalue weighted by atomic mass is 9.99. The number of nitrogens with zero attached hydrogens (tertiary/aromatic N) is 11. The van der Waals surface area contributed by atoms with Crippen molar-refractivity contribution in [2.75, 3.05) is 11.5 Å². The number of pyridine rings is 2. The Labute approximate surface area is 332 Å². The number of aryl methyl sites for hydroxylation is 2. The van der Waals surface area contributed by atoms with E-state index >= 15 is 0 Å². The van der Waals surface area contributed by atoms with Gasteiger partial charge in [-0.2, -0.15) is 45.6 Å². The molecule has 0 aliphatic rings. The van der Waals surface area contributed by atoms with Gasteiger partial charge in [-0.05, 0) is 93.4 Å². The number of furan rings is 1. The van der Waals surface area contributed by atoms with Gasteiger partial charge in [-0.3, -0.25) is 0 Å². The molecular weight excluding hydrogens is 803 g/mol. The summed E-state index contributed by atoms with van der Waals surface area (Å²) in [5.74, 6) is -1.66. The number of nitrogens with two attached hydrogens (primary N) is 2. The predicted molar refractivity (Wildman–Crippen MR) is 198 cm³/mol. The Hall–Kier alpha value is -7.70. The van der Waals surface area contributed by atoms with E-state index in [2.05, 4.69) is 40.1 Å². The number of aromatic nitrogens is 10. The lowest BCUT2D eigenvalue weighted by Gasteiger charge is -2.21. The lowest BCUT2D eigenvalue weighted by Crippen LogP contribution is -2.27. The Morgan fingerprint density at radius 1 is 0.667 bits per heavy atom. The number of ether oxygens (including phenoxy) is 1. The van der Waals surface area contributed by atoms with E-state index in [9.17, 15) is 36.0 Å². The summed E-state index contributed by atoms with van der Waals surface area (Å²) in [6.07, 6.45) is -9.63. The maximum absolute atomic E-state index is 14.0. The molecular formula is C38H26F7N13O2. The van der Waals surface area contributed by atoms with Gasteiger partial charge in [-0.25, -0.2) is 29.3 Å². The molecule has 8 aromatic rings. The third kappa shape index (κ3) is 6.98. The molecule has 0 bridgehead atoms. The van der Waals surface area contributed by atoms with Crippen molar-refractivity contribution in [1.82, 2.24) is 49.1 Å². The van der Waals surface area contributed by atoms with Crippen LogP contribution in [0.3, 0.4) is 0 Å². The fourth-order valence-electron chi connectivity index (χ4n) is 6.46. The van der Waals surface area contributed by atoms with Gasteiger partial charge in [0.05, 0.1) is 16.8 Å². The summed E-state index contributed by atoms with van der Waals surface area (Å²) in [5.41, 5.74) is 8.90. The zero-order valence-corrected chi connectivity index (χ0v) is 31.3. The maximum Gasteiger partial charge on any atom is 0.433 e. The molecule has 22 heteroatoms. The molecule has 15 nitrogen and oxygen atoms in total. The van der Waals surface area contributed by atoms with Crippen molar-refractivity contribution in [1.29, 1.82) is 5.26 Å². The van der Waals surface area contributed by atoms with Crippen molar-refractivity contribution < 1.29 is 39.9 Å². The van der Waals surface area contributed by atoms with Crippen LogP contribution in [-0.2, 0) is 18.0 Å². The van der Waals surface area contributed by atoms with E-state index in [-0.39, 0.29) is 91.6 Å². The Bertz CT molecular complexity index is 3050. The van der Waals surface area contributed by atoms with E-state index in [4.69, 9.17) is 20.6 Å². The number of fused-ring (bicyclic) bond motifs is 2. The van der Waals surface area contributed by atoms with E-state index in [1.54, 1.807) is 19.9 Å². The van der Waals surface area contributed by atoms with Gasteiger partial charge in [0.2, 0.25) is 11.9 Å². The van der Waals surface area contributed by atoms with Gasteiger partial charge in [-0.1, -0.05) is 0 Å². The molecule has 0 saturated heterocycles. The fraction of sp³-hybridized carbons (Fsp3) is 0.184. The highest BCUT2D eigenvalue weighted by Crippen LogP contribution is 2.42. The van der Waals surface area contributed by atoms with Gasteiger partial charge in [-0.15, -0.1) is 10.2 Å². The Balaban J connectivity index is 1.24. The van der Waals surface area contributed by atoms with Gasteiger partial charge in [0.25, 0.3) is 11.8 Å². The Morgan fingerprint density at radius 2 is 1.20 bits per heavy atom. The van der Waals surface area contributed by atoms with Crippen LogP contribution in [0, 0.1) is 31.0 Å². The zero-order chi connectivity index (χ0) is 43.1. The van der Waals surface area contributed by atoms with Gasteiger partial charge in [0.15, 0.2) is 28.5 Å². The number of rotatable bonds is 7. The van der Waals surface area contributed by atoms with Crippen LogP contribution in [0.15, 0.2) is 65.1 Å². The van der Waals surface area contributed by atoms with E-state index in [1.165, 1.54) is 50.2 Å². The summed E-state index contributed by atoms with van der Waals surface area (Å²) >= 11 is 0. The van der Waals surface area contributed by atoms with Gasteiger partial charge >= 0.3 is 12.4 Å². The SMILES string of the molecule is Cc1cc(-c2c(-c3ccc(F)cc3)nc(N)n3nc(C(C)(C)Oc4ccc(-c5nc(N)n6nc(C#N)nc6c5-c5cc(C)nc(C(F)(F)F)c5)o4)nc23)cc(C(F)(F)F)n1. The Morgan fingerprint density at radius 3 is 1.77 bits per heavy atom. The largest absolute Gasteiger partial charge is 0.451 e. The van der Waals surface area contributed by atoms with E-state index in [0.717, 1.165) is 33.3 Å². The van der Waals surface area contributed by atoms with E-state index in [1.807, 2.05) is 0 Å². The minimum Gasteiger partial charge on any atom is -0.451 e. The van der Waals surface area contributed by atoms with Crippen LogP contribution in [0.1, 0.15) is 48.3 Å². The number of halogens is 7. The molecule has 8 rings (SSSR count). The lowest BCUT2D eigenvalue weighted by molar-refractivity contribution is -0.142. The number of benzene rings is 1. The summed E-state index contributed by atoms with van der Waals surface area (Å²) in [6.45, 7) is 5.87. The minimum absolute atomic E-state index is 0.00887. The van der Waals surface area contributed by atoms with Crippen LogP contribution in [0.5, 0.6) is 5.95 Å². The van der Waals surface area contributed by atoms with Gasteiger partial charge < -0.3 is 20.6 Å². The van der Waals surface area contributed by atoms with Crippen molar-refractivity contribution in [2.24, 2.45) is 0 Å². The summed E-state index contributed by atoms with van der Waals surface area (Å²) in [6, 6.07) is 14.0. The van der Waals surface area contributed by atoms with Crippen molar-refractivity contribution in [3.63, 3.8) is 0 Å². The summed E-state index contributed by atoms with van der Waals surface area (Å²) < 4.78 is 112. The highest BCUT2D eigenvalue weighted by atomic mass is 19.4. The number of alkyl halides is 6. The highest BCUT2D eigenvalue weighted by molar-refractivity contribution is 5.91. The second-order valence-electron chi connectivity index (χ2n) is 13.8. The topological polar surface area (TPSA) is 210 Å². The zero-order valence-electron chi connectivity index (χ0n) is 31.3. The maximum atomic E-state index is 14.0. The Kier molecular flexibility index (Phi) is 8.94. The second kappa shape index (κ2) is 13.7. The van der Waals surface area contributed by atoms with Crippen LogP contribution in [0.25, 0.3) is 56.3 Å². The first-order chi connectivity index (χ1) is 28.2. The first kappa shape index (κ1) is 39.1.